The summed E-state index contributed by atoms with van der Waals surface area (Å²) in [7, 11) is 0. The molecule has 3 aromatic rings. The van der Waals surface area contributed by atoms with Crippen LogP contribution in [0.2, 0.25) is 0 Å². The van der Waals surface area contributed by atoms with Crippen molar-refractivity contribution in [3.8, 4) is 5.69 Å². The lowest BCUT2D eigenvalue weighted by Gasteiger charge is -2.22. The van der Waals surface area contributed by atoms with Gasteiger partial charge in [-0.05, 0) is 37.1 Å². The zero-order chi connectivity index (χ0) is 16.3. The molecule has 3 heterocycles. The first-order valence-electron chi connectivity index (χ1n) is 8.18. The molecule has 1 fully saturated rings. The van der Waals surface area contributed by atoms with Crippen LogP contribution in [0, 0.1) is 0 Å². The van der Waals surface area contributed by atoms with Crippen LogP contribution in [0.4, 0.5) is 0 Å². The van der Waals surface area contributed by atoms with Gasteiger partial charge in [0.05, 0.1) is 28.2 Å². The molecular formula is C19H15N3O2. The summed E-state index contributed by atoms with van der Waals surface area (Å²) < 4.78 is 1.64. The van der Waals surface area contributed by atoms with Crippen LogP contribution in [0.1, 0.15) is 35.1 Å². The zero-order valence-corrected chi connectivity index (χ0v) is 13.0. The van der Waals surface area contributed by atoms with Crippen LogP contribution < -0.4 is 5.56 Å². The van der Waals surface area contributed by atoms with Gasteiger partial charge in [0.1, 0.15) is 5.82 Å². The number of fused-ring (bicyclic) bond motifs is 6. The fourth-order valence-corrected chi connectivity index (χ4v) is 3.89. The summed E-state index contributed by atoms with van der Waals surface area (Å²) in [5, 5.41) is 0.579. The summed E-state index contributed by atoms with van der Waals surface area (Å²) in [6, 6.07) is 14.6. The minimum atomic E-state index is -0.137. The van der Waals surface area contributed by atoms with E-state index < -0.39 is 0 Å². The van der Waals surface area contributed by atoms with E-state index >= 15 is 0 Å². The molecule has 1 atom stereocenters. The molecule has 2 aliphatic rings. The largest absolute Gasteiger partial charge is 0.328 e. The molecule has 0 N–H and O–H groups in total. The van der Waals surface area contributed by atoms with Gasteiger partial charge in [0.25, 0.3) is 11.5 Å². The van der Waals surface area contributed by atoms with E-state index in [-0.39, 0.29) is 17.5 Å². The maximum atomic E-state index is 13.2. The second kappa shape index (κ2) is 4.77. The zero-order valence-electron chi connectivity index (χ0n) is 13.0. The third kappa shape index (κ3) is 1.67. The molecule has 24 heavy (non-hydrogen) atoms. The van der Waals surface area contributed by atoms with E-state index in [1.165, 1.54) is 0 Å². The van der Waals surface area contributed by atoms with E-state index in [4.69, 9.17) is 4.98 Å². The molecule has 2 aliphatic heterocycles. The van der Waals surface area contributed by atoms with Crippen molar-refractivity contribution in [2.45, 2.75) is 18.9 Å². The van der Waals surface area contributed by atoms with Crippen LogP contribution in [0.15, 0.2) is 53.3 Å². The molecular weight excluding hydrogens is 302 g/mol. The van der Waals surface area contributed by atoms with Crippen LogP contribution >= 0.6 is 0 Å². The lowest BCUT2D eigenvalue weighted by Crippen LogP contribution is -2.31. The predicted octanol–water partition coefficient (Wildman–Crippen LogP) is 2.68. The van der Waals surface area contributed by atoms with E-state index in [9.17, 15) is 9.59 Å². The van der Waals surface area contributed by atoms with Gasteiger partial charge in [-0.15, -0.1) is 0 Å². The van der Waals surface area contributed by atoms with Gasteiger partial charge in [-0.25, -0.2) is 4.98 Å². The Labute approximate surface area is 138 Å². The van der Waals surface area contributed by atoms with Crippen LogP contribution in [-0.2, 0) is 0 Å². The van der Waals surface area contributed by atoms with Gasteiger partial charge in [0.15, 0.2) is 0 Å². The van der Waals surface area contributed by atoms with Crippen molar-refractivity contribution in [3.63, 3.8) is 0 Å². The summed E-state index contributed by atoms with van der Waals surface area (Å²) in [5.41, 5.74) is 1.79. The summed E-state index contributed by atoms with van der Waals surface area (Å²) in [4.78, 5) is 32.8. The van der Waals surface area contributed by atoms with Gasteiger partial charge in [-0.3, -0.25) is 14.2 Å². The minimum absolute atomic E-state index is 0.0120. The van der Waals surface area contributed by atoms with E-state index in [1.807, 2.05) is 41.3 Å². The number of benzene rings is 2. The number of para-hydroxylation sites is 2. The Bertz CT molecular complexity index is 1050. The average Bonchev–Trinajstić information content (AvgIpc) is 3.07. The Hall–Kier alpha value is -2.95. The van der Waals surface area contributed by atoms with Crippen LogP contribution in [-0.4, -0.2) is 26.9 Å². The quantitative estimate of drug-likeness (QED) is 0.640. The summed E-state index contributed by atoms with van der Waals surface area (Å²) >= 11 is 0. The van der Waals surface area contributed by atoms with E-state index in [1.54, 1.807) is 16.7 Å². The second-order valence-corrected chi connectivity index (χ2v) is 6.30. The molecule has 0 saturated carbocycles. The fraction of sp³-hybridized carbons (Fsp3) is 0.211. The molecule has 0 spiro atoms. The normalized spacial score (nSPS) is 18.9. The third-order valence-electron chi connectivity index (χ3n) is 4.99. The number of carbonyl (C=O) groups excluding carboxylic acids is 1. The molecule has 1 unspecified atom stereocenters. The Kier molecular flexibility index (Phi) is 2.68. The SMILES string of the molecule is O=C1c2ccccc2-n2c(nc3ccccc3c2=O)C2CCCN12. The van der Waals surface area contributed by atoms with Gasteiger partial charge in [0, 0.05) is 6.54 Å². The van der Waals surface area contributed by atoms with Gasteiger partial charge in [0.2, 0.25) is 0 Å². The number of amides is 1. The molecule has 118 valence electrons. The first kappa shape index (κ1) is 13.5. The predicted molar refractivity (Wildman–Crippen MR) is 90.4 cm³/mol. The van der Waals surface area contributed by atoms with Gasteiger partial charge in [-0.2, -0.15) is 0 Å². The highest BCUT2D eigenvalue weighted by molar-refractivity contribution is 5.99. The number of carbonyl (C=O) groups is 1. The van der Waals surface area contributed by atoms with Crippen LogP contribution in [0.5, 0.6) is 0 Å². The number of hydrogen-bond donors (Lipinski definition) is 0. The van der Waals surface area contributed by atoms with Crippen molar-refractivity contribution in [2.75, 3.05) is 6.54 Å². The summed E-state index contributed by atoms with van der Waals surface area (Å²) in [6.07, 6.45) is 1.77. The molecule has 0 bridgehead atoms. The van der Waals surface area contributed by atoms with E-state index in [0.29, 0.717) is 34.5 Å². The first-order chi connectivity index (χ1) is 11.8. The van der Waals surface area contributed by atoms with Crippen molar-refractivity contribution in [3.05, 3.63) is 70.3 Å². The Balaban J connectivity index is 1.96. The highest BCUT2D eigenvalue weighted by Gasteiger charge is 2.38. The molecule has 5 nitrogen and oxygen atoms in total. The molecule has 2 aromatic carbocycles. The maximum Gasteiger partial charge on any atom is 0.266 e. The van der Waals surface area contributed by atoms with Crippen LogP contribution in [0.25, 0.3) is 16.6 Å². The fourth-order valence-electron chi connectivity index (χ4n) is 3.89. The topological polar surface area (TPSA) is 55.2 Å². The van der Waals surface area contributed by atoms with Gasteiger partial charge in [-0.1, -0.05) is 24.3 Å². The Morgan fingerprint density at radius 3 is 2.71 bits per heavy atom. The van der Waals surface area contributed by atoms with Crippen LogP contribution in [0.3, 0.4) is 0 Å². The van der Waals surface area contributed by atoms with Gasteiger partial charge >= 0.3 is 0 Å². The van der Waals surface area contributed by atoms with Crippen molar-refractivity contribution in [1.82, 2.24) is 14.5 Å². The molecule has 0 aliphatic carbocycles. The highest BCUT2D eigenvalue weighted by Crippen LogP contribution is 2.36. The van der Waals surface area contributed by atoms with Crippen molar-refractivity contribution in [2.24, 2.45) is 0 Å². The number of hydrogen-bond acceptors (Lipinski definition) is 3. The molecule has 5 heteroatoms. The number of nitrogens with zero attached hydrogens (tertiary/aromatic N) is 3. The monoisotopic (exact) mass is 317 g/mol. The summed E-state index contributed by atoms with van der Waals surface area (Å²) in [6.45, 7) is 0.709. The maximum absolute atomic E-state index is 13.2. The van der Waals surface area contributed by atoms with E-state index in [2.05, 4.69) is 0 Å². The lowest BCUT2D eigenvalue weighted by molar-refractivity contribution is 0.0736. The van der Waals surface area contributed by atoms with Gasteiger partial charge < -0.3 is 4.90 Å². The van der Waals surface area contributed by atoms with Crippen molar-refractivity contribution >= 4 is 16.8 Å². The molecule has 1 amide bonds. The second-order valence-electron chi connectivity index (χ2n) is 6.30. The smallest absolute Gasteiger partial charge is 0.266 e. The molecule has 1 saturated heterocycles. The van der Waals surface area contributed by atoms with E-state index in [0.717, 1.165) is 12.8 Å². The van der Waals surface area contributed by atoms with Crippen molar-refractivity contribution in [1.29, 1.82) is 0 Å². The standard InChI is InChI=1S/C19H15N3O2/c23-18-13-7-2-4-9-15(13)22-17(16-10-5-11-21(16)18)20-14-8-3-1-6-12(14)19(22)24/h1-4,6-9,16H,5,10-11H2. The Morgan fingerprint density at radius 2 is 1.79 bits per heavy atom. The first-order valence-corrected chi connectivity index (χ1v) is 8.18. The minimum Gasteiger partial charge on any atom is -0.328 e. The van der Waals surface area contributed by atoms with Crippen molar-refractivity contribution < 1.29 is 4.79 Å². The number of aromatic nitrogens is 2. The molecule has 5 rings (SSSR count). The Morgan fingerprint density at radius 1 is 1.00 bits per heavy atom. The summed E-state index contributed by atoms with van der Waals surface area (Å²) in [5.74, 6) is 0.663. The number of rotatable bonds is 0. The highest BCUT2D eigenvalue weighted by atomic mass is 16.2. The molecule has 0 radical (unpaired) electrons. The average molecular weight is 317 g/mol. The third-order valence-corrected chi connectivity index (χ3v) is 4.99. The molecule has 1 aromatic heterocycles. The lowest BCUT2D eigenvalue weighted by atomic mass is 10.1.